The van der Waals surface area contributed by atoms with Crippen LogP contribution in [0.1, 0.15) is 36.0 Å². The maximum atomic E-state index is 12.0. The van der Waals surface area contributed by atoms with Gasteiger partial charge in [0, 0.05) is 17.7 Å². The number of methoxy groups -OCH3 is 2. The van der Waals surface area contributed by atoms with Gasteiger partial charge in [0.1, 0.15) is 11.3 Å². The summed E-state index contributed by atoms with van der Waals surface area (Å²) in [6, 6.07) is 4.91. The van der Waals surface area contributed by atoms with Crippen LogP contribution in [0.25, 0.3) is 0 Å². The third kappa shape index (κ3) is 3.10. The SMILES string of the molecule is COC(=O)c1ccc(NC(=O)C2CCCC2)cc1OC. The third-order valence-corrected chi connectivity index (χ3v) is 3.60. The van der Waals surface area contributed by atoms with Crippen molar-refractivity contribution in [3.63, 3.8) is 0 Å². The molecule has 1 amide bonds. The van der Waals surface area contributed by atoms with Crippen molar-refractivity contribution in [1.29, 1.82) is 0 Å². The summed E-state index contributed by atoms with van der Waals surface area (Å²) in [6.45, 7) is 0. The second-order valence-corrected chi connectivity index (χ2v) is 4.88. The van der Waals surface area contributed by atoms with Gasteiger partial charge in [-0.1, -0.05) is 12.8 Å². The average molecular weight is 277 g/mol. The molecule has 1 aromatic rings. The van der Waals surface area contributed by atoms with Crippen molar-refractivity contribution < 1.29 is 19.1 Å². The van der Waals surface area contributed by atoms with Gasteiger partial charge in [0.2, 0.25) is 5.91 Å². The monoisotopic (exact) mass is 277 g/mol. The topological polar surface area (TPSA) is 64.6 Å². The fourth-order valence-electron chi connectivity index (χ4n) is 2.48. The normalized spacial score (nSPS) is 14.9. The molecule has 20 heavy (non-hydrogen) atoms. The van der Waals surface area contributed by atoms with E-state index in [-0.39, 0.29) is 11.8 Å². The van der Waals surface area contributed by atoms with E-state index in [1.807, 2.05) is 0 Å². The first-order valence-corrected chi connectivity index (χ1v) is 6.73. The van der Waals surface area contributed by atoms with Crippen molar-refractivity contribution in [3.05, 3.63) is 23.8 Å². The molecule has 0 atom stereocenters. The van der Waals surface area contributed by atoms with Gasteiger partial charge in [-0.25, -0.2) is 4.79 Å². The minimum Gasteiger partial charge on any atom is -0.496 e. The zero-order valence-corrected chi connectivity index (χ0v) is 11.8. The fourth-order valence-corrected chi connectivity index (χ4v) is 2.48. The number of hydrogen-bond acceptors (Lipinski definition) is 4. The Kier molecular flexibility index (Phi) is 4.61. The number of anilines is 1. The van der Waals surface area contributed by atoms with E-state index >= 15 is 0 Å². The standard InChI is InChI=1S/C15H19NO4/c1-19-13-9-11(7-8-12(13)15(18)20-2)16-14(17)10-5-3-4-6-10/h7-10H,3-6H2,1-2H3,(H,16,17). The van der Waals surface area contributed by atoms with E-state index in [0.29, 0.717) is 17.0 Å². The van der Waals surface area contributed by atoms with Crippen molar-refractivity contribution in [1.82, 2.24) is 0 Å². The fraction of sp³-hybridized carbons (Fsp3) is 0.467. The molecular formula is C15H19NO4. The molecular weight excluding hydrogens is 258 g/mol. The van der Waals surface area contributed by atoms with E-state index < -0.39 is 5.97 Å². The molecule has 1 fully saturated rings. The summed E-state index contributed by atoms with van der Waals surface area (Å²) in [7, 11) is 2.79. The molecule has 0 radical (unpaired) electrons. The number of rotatable bonds is 4. The molecule has 0 spiro atoms. The lowest BCUT2D eigenvalue weighted by Gasteiger charge is -2.12. The molecule has 2 rings (SSSR count). The first-order chi connectivity index (χ1) is 9.65. The van der Waals surface area contributed by atoms with Crippen LogP contribution in [-0.2, 0) is 9.53 Å². The van der Waals surface area contributed by atoms with Crippen molar-refractivity contribution in [2.45, 2.75) is 25.7 Å². The summed E-state index contributed by atoms with van der Waals surface area (Å²) < 4.78 is 9.84. The predicted molar refractivity (Wildman–Crippen MR) is 74.9 cm³/mol. The minimum absolute atomic E-state index is 0.0374. The Morgan fingerprint density at radius 3 is 2.50 bits per heavy atom. The van der Waals surface area contributed by atoms with Crippen LogP contribution >= 0.6 is 0 Å². The summed E-state index contributed by atoms with van der Waals surface area (Å²) in [5.74, 6) is 0.0632. The van der Waals surface area contributed by atoms with Gasteiger partial charge in [-0.2, -0.15) is 0 Å². The van der Waals surface area contributed by atoms with E-state index in [2.05, 4.69) is 10.1 Å². The number of carbonyl (C=O) groups excluding carboxylic acids is 2. The number of ether oxygens (including phenoxy) is 2. The largest absolute Gasteiger partial charge is 0.496 e. The van der Waals surface area contributed by atoms with E-state index in [4.69, 9.17) is 4.74 Å². The van der Waals surface area contributed by atoms with E-state index in [0.717, 1.165) is 25.7 Å². The Morgan fingerprint density at radius 2 is 1.90 bits per heavy atom. The van der Waals surface area contributed by atoms with Gasteiger partial charge < -0.3 is 14.8 Å². The highest BCUT2D eigenvalue weighted by Gasteiger charge is 2.23. The lowest BCUT2D eigenvalue weighted by molar-refractivity contribution is -0.119. The lowest BCUT2D eigenvalue weighted by Crippen LogP contribution is -2.20. The van der Waals surface area contributed by atoms with Gasteiger partial charge in [-0.15, -0.1) is 0 Å². The molecule has 1 aromatic carbocycles. The molecule has 1 aliphatic rings. The van der Waals surface area contributed by atoms with E-state index in [1.54, 1.807) is 18.2 Å². The smallest absolute Gasteiger partial charge is 0.341 e. The second kappa shape index (κ2) is 6.41. The van der Waals surface area contributed by atoms with Crippen LogP contribution in [-0.4, -0.2) is 26.1 Å². The molecule has 0 bridgehead atoms. The molecule has 1 aliphatic carbocycles. The quantitative estimate of drug-likeness (QED) is 0.859. The molecule has 108 valence electrons. The minimum atomic E-state index is -0.462. The van der Waals surface area contributed by atoms with Gasteiger partial charge in [-0.05, 0) is 25.0 Å². The summed E-state index contributed by atoms with van der Waals surface area (Å²) in [5, 5.41) is 2.87. The highest BCUT2D eigenvalue weighted by atomic mass is 16.5. The summed E-state index contributed by atoms with van der Waals surface area (Å²) in [4.78, 5) is 23.6. The third-order valence-electron chi connectivity index (χ3n) is 3.60. The van der Waals surface area contributed by atoms with Gasteiger partial charge in [0.05, 0.1) is 14.2 Å². The van der Waals surface area contributed by atoms with Crippen LogP contribution in [0, 0.1) is 5.92 Å². The summed E-state index contributed by atoms with van der Waals surface area (Å²) in [5.41, 5.74) is 0.972. The zero-order chi connectivity index (χ0) is 14.5. The zero-order valence-electron chi connectivity index (χ0n) is 11.8. The van der Waals surface area contributed by atoms with Crippen molar-refractivity contribution in [2.75, 3.05) is 19.5 Å². The summed E-state index contributed by atoms with van der Waals surface area (Å²) >= 11 is 0. The van der Waals surface area contributed by atoms with Gasteiger partial charge in [-0.3, -0.25) is 4.79 Å². The first-order valence-electron chi connectivity index (χ1n) is 6.73. The van der Waals surface area contributed by atoms with Gasteiger partial charge >= 0.3 is 5.97 Å². The van der Waals surface area contributed by atoms with Crippen molar-refractivity contribution in [3.8, 4) is 5.75 Å². The van der Waals surface area contributed by atoms with Crippen LogP contribution < -0.4 is 10.1 Å². The van der Waals surface area contributed by atoms with Gasteiger partial charge in [0.25, 0.3) is 0 Å². The Morgan fingerprint density at radius 1 is 1.20 bits per heavy atom. The molecule has 0 heterocycles. The lowest BCUT2D eigenvalue weighted by atomic mass is 10.1. The Bertz CT molecular complexity index is 507. The second-order valence-electron chi connectivity index (χ2n) is 4.88. The summed E-state index contributed by atoms with van der Waals surface area (Å²) in [6.07, 6.45) is 4.12. The molecule has 0 aliphatic heterocycles. The van der Waals surface area contributed by atoms with Gasteiger partial charge in [0.15, 0.2) is 0 Å². The predicted octanol–water partition coefficient (Wildman–Crippen LogP) is 2.61. The highest BCUT2D eigenvalue weighted by Crippen LogP contribution is 2.28. The number of hydrogen-bond donors (Lipinski definition) is 1. The number of esters is 1. The maximum Gasteiger partial charge on any atom is 0.341 e. The Hall–Kier alpha value is -2.04. The van der Waals surface area contributed by atoms with Crippen LogP contribution in [0.15, 0.2) is 18.2 Å². The molecule has 5 nitrogen and oxygen atoms in total. The Labute approximate surface area is 118 Å². The molecule has 1 saturated carbocycles. The number of benzene rings is 1. The molecule has 0 aromatic heterocycles. The molecule has 0 saturated heterocycles. The Balaban J connectivity index is 2.12. The average Bonchev–Trinajstić information content (AvgIpc) is 3.00. The molecule has 0 unspecified atom stereocenters. The molecule has 5 heteroatoms. The first kappa shape index (κ1) is 14.4. The van der Waals surface area contributed by atoms with Crippen LogP contribution in [0.3, 0.4) is 0 Å². The van der Waals surface area contributed by atoms with E-state index in [1.165, 1.54) is 14.2 Å². The number of carbonyl (C=O) groups is 2. The maximum absolute atomic E-state index is 12.0. The number of amides is 1. The van der Waals surface area contributed by atoms with Crippen molar-refractivity contribution >= 4 is 17.6 Å². The van der Waals surface area contributed by atoms with Crippen molar-refractivity contribution in [2.24, 2.45) is 5.92 Å². The highest BCUT2D eigenvalue weighted by molar-refractivity contribution is 5.96. The molecule has 1 N–H and O–H groups in total. The van der Waals surface area contributed by atoms with Crippen LogP contribution in [0.4, 0.5) is 5.69 Å². The number of nitrogens with one attached hydrogen (secondary N) is 1. The van der Waals surface area contributed by atoms with Crippen LogP contribution in [0.5, 0.6) is 5.75 Å². The van der Waals surface area contributed by atoms with E-state index in [9.17, 15) is 9.59 Å². The van der Waals surface area contributed by atoms with Crippen LogP contribution in [0.2, 0.25) is 0 Å².